The molecule has 1 aromatic rings. The number of imide groups is 1. The molecule has 3 rings (SSSR count). The van der Waals surface area contributed by atoms with Gasteiger partial charge in [0.2, 0.25) is 17.7 Å². The highest BCUT2D eigenvalue weighted by molar-refractivity contribution is 6.30. The summed E-state index contributed by atoms with van der Waals surface area (Å²) in [5.74, 6) is -1.52. The van der Waals surface area contributed by atoms with Crippen LogP contribution in [0.25, 0.3) is 0 Å². The molecule has 0 bridgehead atoms. The van der Waals surface area contributed by atoms with Crippen LogP contribution in [0.5, 0.6) is 0 Å². The number of anilines is 1. The van der Waals surface area contributed by atoms with E-state index in [-0.39, 0.29) is 30.2 Å². The smallest absolute Gasteiger partial charge is 0.244 e. The lowest BCUT2D eigenvalue weighted by Crippen LogP contribution is -2.38. The summed E-state index contributed by atoms with van der Waals surface area (Å²) < 4.78 is 0. The Bertz CT molecular complexity index is 645. The van der Waals surface area contributed by atoms with E-state index in [2.05, 4.69) is 5.32 Å². The van der Waals surface area contributed by atoms with Crippen LogP contribution in [0.4, 0.5) is 5.69 Å². The van der Waals surface area contributed by atoms with Crippen molar-refractivity contribution in [3.8, 4) is 0 Å². The summed E-state index contributed by atoms with van der Waals surface area (Å²) in [6, 6.07) is 6.71. The Morgan fingerprint density at radius 3 is 2.41 bits per heavy atom. The van der Waals surface area contributed by atoms with Crippen molar-refractivity contribution in [3.05, 3.63) is 41.4 Å². The van der Waals surface area contributed by atoms with Crippen LogP contribution in [0.1, 0.15) is 12.8 Å². The molecule has 0 saturated carbocycles. The predicted molar refractivity (Wildman–Crippen MR) is 82.2 cm³/mol. The lowest BCUT2D eigenvalue weighted by Gasteiger charge is -2.14. The number of likely N-dealkylation sites (tertiary alicyclic amines) is 1. The Morgan fingerprint density at radius 2 is 1.82 bits per heavy atom. The maximum Gasteiger partial charge on any atom is 0.244 e. The number of halogens is 1. The van der Waals surface area contributed by atoms with Gasteiger partial charge in [0.25, 0.3) is 0 Å². The molecule has 1 aliphatic carbocycles. The van der Waals surface area contributed by atoms with Gasteiger partial charge < -0.3 is 5.32 Å². The van der Waals surface area contributed by atoms with Crippen LogP contribution in [0, 0.1) is 11.8 Å². The van der Waals surface area contributed by atoms with Gasteiger partial charge in [0, 0.05) is 10.7 Å². The van der Waals surface area contributed by atoms with Crippen molar-refractivity contribution in [2.75, 3.05) is 11.9 Å². The van der Waals surface area contributed by atoms with E-state index in [1.54, 1.807) is 24.3 Å². The van der Waals surface area contributed by atoms with Crippen molar-refractivity contribution >= 4 is 35.0 Å². The van der Waals surface area contributed by atoms with Gasteiger partial charge in [-0.2, -0.15) is 0 Å². The zero-order chi connectivity index (χ0) is 15.7. The third-order valence-corrected chi connectivity index (χ3v) is 4.24. The molecule has 1 saturated heterocycles. The second-order valence-electron chi connectivity index (χ2n) is 5.48. The third-order valence-electron chi connectivity index (χ3n) is 4.01. The first kappa shape index (κ1) is 14.8. The van der Waals surface area contributed by atoms with Crippen LogP contribution < -0.4 is 5.32 Å². The van der Waals surface area contributed by atoms with Crippen molar-refractivity contribution in [3.63, 3.8) is 0 Å². The van der Waals surface area contributed by atoms with Gasteiger partial charge >= 0.3 is 0 Å². The molecular weight excluding hydrogens is 304 g/mol. The number of nitrogens with zero attached hydrogens (tertiary/aromatic N) is 1. The van der Waals surface area contributed by atoms with Crippen molar-refractivity contribution in [2.45, 2.75) is 12.8 Å². The molecule has 1 aliphatic heterocycles. The van der Waals surface area contributed by atoms with Crippen LogP contribution >= 0.6 is 11.6 Å². The van der Waals surface area contributed by atoms with E-state index in [0.29, 0.717) is 23.6 Å². The van der Waals surface area contributed by atoms with Gasteiger partial charge in [0.05, 0.1) is 11.8 Å². The Balaban J connectivity index is 1.67. The Hall–Kier alpha value is -2.14. The van der Waals surface area contributed by atoms with E-state index in [9.17, 15) is 14.4 Å². The summed E-state index contributed by atoms with van der Waals surface area (Å²) in [7, 11) is 0. The Labute approximate surface area is 132 Å². The van der Waals surface area contributed by atoms with E-state index in [1.807, 2.05) is 12.2 Å². The number of rotatable bonds is 3. The molecule has 1 heterocycles. The van der Waals surface area contributed by atoms with E-state index in [0.717, 1.165) is 4.90 Å². The molecule has 114 valence electrons. The minimum absolute atomic E-state index is 0.249. The lowest BCUT2D eigenvalue weighted by molar-refractivity contribution is -0.142. The van der Waals surface area contributed by atoms with Crippen molar-refractivity contribution in [1.29, 1.82) is 0 Å². The molecule has 2 atom stereocenters. The van der Waals surface area contributed by atoms with Crippen LogP contribution in [-0.2, 0) is 14.4 Å². The number of carbonyl (C=O) groups excluding carboxylic acids is 3. The summed E-state index contributed by atoms with van der Waals surface area (Å²) in [4.78, 5) is 37.7. The van der Waals surface area contributed by atoms with Gasteiger partial charge in [0.1, 0.15) is 6.54 Å². The minimum Gasteiger partial charge on any atom is -0.324 e. The largest absolute Gasteiger partial charge is 0.324 e. The number of fused-ring (bicyclic) bond motifs is 1. The quantitative estimate of drug-likeness (QED) is 0.686. The number of benzene rings is 1. The van der Waals surface area contributed by atoms with Gasteiger partial charge in [-0.25, -0.2) is 0 Å². The summed E-state index contributed by atoms with van der Waals surface area (Å²) in [6.45, 7) is -0.253. The Morgan fingerprint density at radius 1 is 1.18 bits per heavy atom. The molecule has 6 heteroatoms. The second-order valence-corrected chi connectivity index (χ2v) is 5.91. The average molecular weight is 319 g/mol. The molecule has 1 aromatic carbocycles. The third kappa shape index (κ3) is 2.76. The summed E-state index contributed by atoms with van der Waals surface area (Å²) >= 11 is 5.85. The summed E-state index contributed by atoms with van der Waals surface area (Å²) in [6.07, 6.45) is 4.98. The second kappa shape index (κ2) is 5.93. The average Bonchev–Trinajstić information content (AvgIpc) is 2.73. The fourth-order valence-electron chi connectivity index (χ4n) is 2.94. The molecule has 0 aromatic heterocycles. The summed E-state index contributed by atoms with van der Waals surface area (Å²) in [5, 5.41) is 3.15. The highest BCUT2D eigenvalue weighted by Gasteiger charge is 2.47. The van der Waals surface area contributed by atoms with Crippen LogP contribution in [0.15, 0.2) is 36.4 Å². The predicted octanol–water partition coefficient (Wildman–Crippen LogP) is 2.23. The molecule has 22 heavy (non-hydrogen) atoms. The molecule has 1 N–H and O–H groups in total. The first-order valence-electron chi connectivity index (χ1n) is 7.12. The normalized spacial score (nSPS) is 23.6. The fourth-order valence-corrected chi connectivity index (χ4v) is 3.13. The van der Waals surface area contributed by atoms with Gasteiger partial charge in [-0.3, -0.25) is 19.3 Å². The fraction of sp³-hybridized carbons (Fsp3) is 0.312. The monoisotopic (exact) mass is 318 g/mol. The molecule has 2 aliphatic rings. The first-order chi connectivity index (χ1) is 10.6. The van der Waals surface area contributed by atoms with Crippen molar-refractivity contribution in [1.82, 2.24) is 4.90 Å². The van der Waals surface area contributed by atoms with Crippen LogP contribution in [0.2, 0.25) is 5.02 Å². The topological polar surface area (TPSA) is 66.5 Å². The minimum atomic E-state index is -0.407. The van der Waals surface area contributed by atoms with Crippen molar-refractivity contribution < 1.29 is 14.4 Å². The van der Waals surface area contributed by atoms with Crippen LogP contribution in [0.3, 0.4) is 0 Å². The number of hydrogen-bond donors (Lipinski definition) is 1. The van der Waals surface area contributed by atoms with Gasteiger partial charge in [-0.05, 0) is 31.0 Å². The number of amides is 3. The van der Waals surface area contributed by atoms with Crippen molar-refractivity contribution in [2.24, 2.45) is 11.8 Å². The SMILES string of the molecule is O=C(CN1C(=O)[C@H]2CC=CC[C@@H]2C1=O)Nc1cccc(Cl)c1. The molecule has 0 unspecified atom stereocenters. The van der Waals surface area contributed by atoms with Gasteiger partial charge in [-0.1, -0.05) is 29.8 Å². The molecular formula is C16H15ClN2O3. The molecule has 1 fully saturated rings. The van der Waals surface area contributed by atoms with E-state index < -0.39 is 5.91 Å². The maximum absolute atomic E-state index is 12.3. The first-order valence-corrected chi connectivity index (χ1v) is 7.49. The Kier molecular flexibility index (Phi) is 3.98. The number of hydrogen-bond acceptors (Lipinski definition) is 3. The van der Waals surface area contributed by atoms with E-state index in [1.165, 1.54) is 0 Å². The molecule has 5 nitrogen and oxygen atoms in total. The number of allylic oxidation sites excluding steroid dienone is 2. The zero-order valence-electron chi connectivity index (χ0n) is 11.8. The zero-order valence-corrected chi connectivity index (χ0v) is 12.5. The van der Waals surface area contributed by atoms with E-state index in [4.69, 9.17) is 11.6 Å². The maximum atomic E-state index is 12.3. The lowest BCUT2D eigenvalue weighted by atomic mass is 9.85. The molecule has 3 amide bonds. The number of carbonyl (C=O) groups is 3. The van der Waals surface area contributed by atoms with Gasteiger partial charge in [-0.15, -0.1) is 0 Å². The highest BCUT2D eigenvalue weighted by atomic mass is 35.5. The molecule has 0 radical (unpaired) electrons. The summed E-state index contributed by atoms with van der Waals surface area (Å²) in [5.41, 5.74) is 0.538. The highest BCUT2D eigenvalue weighted by Crippen LogP contribution is 2.34. The van der Waals surface area contributed by atoms with Crippen LogP contribution in [-0.4, -0.2) is 29.2 Å². The molecule has 0 spiro atoms. The van der Waals surface area contributed by atoms with Gasteiger partial charge in [0.15, 0.2) is 0 Å². The number of nitrogens with one attached hydrogen (secondary N) is 1. The standard InChI is InChI=1S/C16H15ClN2O3/c17-10-4-3-5-11(8-10)18-14(20)9-19-15(21)12-6-1-2-7-13(12)16(19)22/h1-5,8,12-13H,6-7,9H2,(H,18,20)/t12-,13-/m0/s1. The van der Waals surface area contributed by atoms with E-state index >= 15 is 0 Å².